The minimum absolute atomic E-state index is 0.802. The van der Waals surface area contributed by atoms with Crippen molar-refractivity contribution in [3.8, 4) is 0 Å². The number of hydrogen-bond donors (Lipinski definition) is 1. The molecule has 3 nitrogen and oxygen atoms in total. The fraction of sp³-hybridized carbons (Fsp3) is 0.727. The van der Waals surface area contributed by atoms with Crippen LogP contribution in [0.25, 0.3) is 0 Å². The molecule has 0 aromatic rings. The minimum atomic E-state index is -0.802. The zero-order valence-electron chi connectivity index (χ0n) is 8.83. The van der Waals surface area contributed by atoms with Gasteiger partial charge in [0, 0.05) is 12.6 Å². The molecule has 0 spiro atoms. The summed E-state index contributed by atoms with van der Waals surface area (Å²) in [7, 11) is 0. The van der Waals surface area contributed by atoms with Crippen molar-refractivity contribution in [1.82, 2.24) is 4.90 Å². The summed E-state index contributed by atoms with van der Waals surface area (Å²) in [5.41, 5.74) is 1.09. The quantitative estimate of drug-likeness (QED) is 0.702. The van der Waals surface area contributed by atoms with Crippen LogP contribution in [0.3, 0.4) is 0 Å². The van der Waals surface area contributed by atoms with Gasteiger partial charge in [0.05, 0.1) is 0 Å². The van der Waals surface area contributed by atoms with Gasteiger partial charge in [-0.15, -0.1) is 0 Å². The van der Waals surface area contributed by atoms with Crippen molar-refractivity contribution >= 4 is 5.97 Å². The summed E-state index contributed by atoms with van der Waals surface area (Å²) in [6.07, 6.45) is 5.53. The first-order valence-electron chi connectivity index (χ1n) is 5.37. The maximum Gasteiger partial charge on any atom is 0.328 e. The molecular weight excluding hydrogens is 178 g/mol. The first-order chi connectivity index (χ1) is 6.72. The Morgan fingerprint density at radius 2 is 2.29 bits per heavy atom. The summed E-state index contributed by atoms with van der Waals surface area (Å²) in [4.78, 5) is 12.9. The van der Waals surface area contributed by atoms with Crippen molar-refractivity contribution < 1.29 is 9.90 Å². The average molecular weight is 197 g/mol. The molecule has 1 heterocycles. The molecule has 0 aliphatic carbocycles. The summed E-state index contributed by atoms with van der Waals surface area (Å²) in [5, 5.41) is 8.64. The maximum atomic E-state index is 10.5. The van der Waals surface area contributed by atoms with Crippen LogP contribution in [-0.4, -0.2) is 35.6 Å². The monoisotopic (exact) mass is 197 g/mol. The number of carboxylic acids is 1. The van der Waals surface area contributed by atoms with E-state index in [1.54, 1.807) is 0 Å². The fourth-order valence-electron chi connectivity index (χ4n) is 1.93. The molecule has 1 saturated heterocycles. The van der Waals surface area contributed by atoms with E-state index in [9.17, 15) is 4.79 Å². The van der Waals surface area contributed by atoms with Crippen LogP contribution in [0.2, 0.25) is 0 Å². The van der Waals surface area contributed by atoms with Crippen LogP contribution in [0.15, 0.2) is 11.6 Å². The topological polar surface area (TPSA) is 40.5 Å². The first kappa shape index (κ1) is 11.2. The Bertz CT molecular complexity index is 223. The molecule has 0 radical (unpaired) electrons. The van der Waals surface area contributed by atoms with E-state index in [4.69, 9.17) is 5.11 Å². The van der Waals surface area contributed by atoms with E-state index < -0.39 is 5.97 Å². The predicted molar refractivity (Wildman–Crippen MR) is 56.3 cm³/mol. The van der Waals surface area contributed by atoms with Gasteiger partial charge in [0.25, 0.3) is 0 Å². The molecule has 1 aliphatic heterocycles. The van der Waals surface area contributed by atoms with Crippen LogP contribution in [-0.2, 0) is 4.79 Å². The molecule has 0 amide bonds. The van der Waals surface area contributed by atoms with Crippen LogP contribution in [0.1, 0.15) is 32.6 Å². The average Bonchev–Trinajstić information content (AvgIpc) is 2.31. The Hall–Kier alpha value is -0.830. The number of rotatable bonds is 3. The van der Waals surface area contributed by atoms with Gasteiger partial charge in [-0.3, -0.25) is 0 Å². The predicted octanol–water partition coefficient (Wildman–Crippen LogP) is 1.89. The smallest absolute Gasteiger partial charge is 0.328 e. The van der Waals surface area contributed by atoms with Crippen molar-refractivity contribution in [1.29, 1.82) is 0 Å². The molecule has 0 aromatic carbocycles. The van der Waals surface area contributed by atoms with Crippen LogP contribution in [0, 0.1) is 0 Å². The molecule has 1 rings (SSSR count). The number of carbonyl (C=O) groups is 1. The lowest BCUT2D eigenvalue weighted by atomic mass is 10.1. The van der Waals surface area contributed by atoms with Gasteiger partial charge >= 0.3 is 5.97 Å². The van der Waals surface area contributed by atoms with Gasteiger partial charge in [-0.25, -0.2) is 4.79 Å². The molecule has 0 atom stereocenters. The summed E-state index contributed by atoms with van der Waals surface area (Å²) < 4.78 is 0. The molecule has 1 aliphatic rings. The highest BCUT2D eigenvalue weighted by Gasteiger charge is 2.11. The molecule has 0 aromatic heterocycles. The van der Waals surface area contributed by atoms with E-state index in [-0.39, 0.29) is 0 Å². The highest BCUT2D eigenvalue weighted by atomic mass is 16.4. The molecular formula is C11H19NO2. The Labute approximate surface area is 85.4 Å². The van der Waals surface area contributed by atoms with E-state index >= 15 is 0 Å². The molecule has 14 heavy (non-hydrogen) atoms. The number of carboxylic acid groups (broad SMARTS) is 1. The number of nitrogens with zero attached hydrogens (tertiary/aromatic N) is 1. The number of aliphatic carboxylic acids is 1. The second-order valence-electron chi connectivity index (χ2n) is 3.84. The van der Waals surface area contributed by atoms with Crippen LogP contribution >= 0.6 is 0 Å². The Kier molecular flexibility index (Phi) is 4.66. The van der Waals surface area contributed by atoms with Gasteiger partial charge in [0.2, 0.25) is 0 Å². The van der Waals surface area contributed by atoms with E-state index in [1.807, 2.05) is 0 Å². The molecule has 3 heteroatoms. The van der Waals surface area contributed by atoms with Crippen molar-refractivity contribution in [2.24, 2.45) is 0 Å². The standard InChI is InChI=1S/C11H19NO2/c1-2-6-12-7-3-4-10(5-8-12)9-11(13)14/h9H,2-8H2,1H3,(H,13,14). The van der Waals surface area contributed by atoms with Crippen molar-refractivity contribution in [2.75, 3.05) is 19.6 Å². The molecule has 0 unspecified atom stereocenters. The van der Waals surface area contributed by atoms with Crippen LogP contribution < -0.4 is 0 Å². The largest absolute Gasteiger partial charge is 0.478 e. The second kappa shape index (κ2) is 5.81. The first-order valence-corrected chi connectivity index (χ1v) is 5.37. The summed E-state index contributed by atoms with van der Waals surface area (Å²) in [6, 6.07) is 0. The summed E-state index contributed by atoms with van der Waals surface area (Å²) in [6.45, 7) is 5.46. The SMILES string of the molecule is CCCN1CCCC(=CC(=O)O)CC1. The zero-order chi connectivity index (χ0) is 10.4. The maximum absolute atomic E-state index is 10.5. The van der Waals surface area contributed by atoms with E-state index in [1.165, 1.54) is 12.5 Å². The van der Waals surface area contributed by atoms with Gasteiger partial charge in [0.1, 0.15) is 0 Å². The second-order valence-corrected chi connectivity index (χ2v) is 3.84. The third-order valence-corrected chi connectivity index (χ3v) is 2.59. The van der Waals surface area contributed by atoms with E-state index in [2.05, 4.69) is 11.8 Å². The minimum Gasteiger partial charge on any atom is -0.478 e. The van der Waals surface area contributed by atoms with Gasteiger partial charge in [-0.05, 0) is 38.8 Å². The summed E-state index contributed by atoms with van der Waals surface area (Å²) in [5.74, 6) is -0.802. The van der Waals surface area contributed by atoms with Gasteiger partial charge in [-0.1, -0.05) is 12.5 Å². The van der Waals surface area contributed by atoms with Crippen LogP contribution in [0.5, 0.6) is 0 Å². The third kappa shape index (κ3) is 3.92. The lowest BCUT2D eigenvalue weighted by Crippen LogP contribution is -2.25. The Balaban J connectivity index is 2.44. The normalized spacial score (nSPS) is 22.2. The van der Waals surface area contributed by atoms with E-state index in [0.717, 1.165) is 44.5 Å². The summed E-state index contributed by atoms with van der Waals surface area (Å²) >= 11 is 0. The third-order valence-electron chi connectivity index (χ3n) is 2.59. The Morgan fingerprint density at radius 1 is 1.50 bits per heavy atom. The fourth-order valence-corrected chi connectivity index (χ4v) is 1.93. The van der Waals surface area contributed by atoms with Crippen molar-refractivity contribution in [3.05, 3.63) is 11.6 Å². The lowest BCUT2D eigenvalue weighted by molar-refractivity contribution is -0.131. The van der Waals surface area contributed by atoms with E-state index in [0.29, 0.717) is 0 Å². The molecule has 80 valence electrons. The molecule has 1 fully saturated rings. The van der Waals surface area contributed by atoms with Crippen molar-refractivity contribution in [2.45, 2.75) is 32.6 Å². The van der Waals surface area contributed by atoms with Crippen molar-refractivity contribution in [3.63, 3.8) is 0 Å². The molecule has 0 bridgehead atoms. The zero-order valence-corrected chi connectivity index (χ0v) is 8.83. The highest BCUT2D eigenvalue weighted by molar-refractivity contribution is 5.80. The van der Waals surface area contributed by atoms with Crippen LogP contribution in [0.4, 0.5) is 0 Å². The number of hydrogen-bond acceptors (Lipinski definition) is 2. The highest BCUT2D eigenvalue weighted by Crippen LogP contribution is 2.16. The molecule has 0 saturated carbocycles. The lowest BCUT2D eigenvalue weighted by Gasteiger charge is -2.17. The van der Waals surface area contributed by atoms with Gasteiger partial charge in [0.15, 0.2) is 0 Å². The van der Waals surface area contributed by atoms with Gasteiger partial charge < -0.3 is 10.0 Å². The molecule has 1 N–H and O–H groups in total. The van der Waals surface area contributed by atoms with Gasteiger partial charge in [-0.2, -0.15) is 0 Å². The Morgan fingerprint density at radius 3 is 2.93 bits per heavy atom. The number of likely N-dealkylation sites (tertiary alicyclic amines) is 1.